The Morgan fingerprint density at radius 3 is 2.50 bits per heavy atom. The molecule has 2 aromatic heterocycles. The highest BCUT2D eigenvalue weighted by atomic mass is 19.1. The summed E-state index contributed by atoms with van der Waals surface area (Å²) in [5.41, 5.74) is 1.08. The molecule has 0 saturated heterocycles. The molecule has 0 aliphatic rings. The lowest BCUT2D eigenvalue weighted by atomic mass is 10.1. The first-order valence-electron chi connectivity index (χ1n) is 7.56. The Morgan fingerprint density at radius 1 is 1.21 bits per heavy atom. The fourth-order valence-corrected chi connectivity index (χ4v) is 2.27. The highest BCUT2D eigenvalue weighted by molar-refractivity contribution is 5.94. The summed E-state index contributed by atoms with van der Waals surface area (Å²) in [6, 6.07) is 11.0. The first-order chi connectivity index (χ1) is 11.3. The number of nitrogens with zero attached hydrogens (tertiary/aromatic N) is 2. The monoisotopic (exact) mass is 327 g/mol. The minimum Gasteiger partial charge on any atom is -0.463 e. The molecule has 5 nitrogen and oxygen atoms in total. The van der Waals surface area contributed by atoms with Gasteiger partial charge in [0.15, 0.2) is 5.76 Å². The molecule has 3 aromatic rings. The van der Waals surface area contributed by atoms with E-state index in [1.807, 2.05) is 20.8 Å². The van der Waals surface area contributed by atoms with E-state index in [2.05, 4.69) is 10.4 Å². The lowest BCUT2D eigenvalue weighted by Gasteiger charge is -2.20. The molecule has 6 heteroatoms. The Hall–Kier alpha value is -2.89. The Kier molecular flexibility index (Phi) is 3.97. The van der Waals surface area contributed by atoms with Crippen LogP contribution in [0.5, 0.6) is 0 Å². The predicted molar refractivity (Wildman–Crippen MR) is 88.4 cm³/mol. The van der Waals surface area contributed by atoms with Crippen molar-refractivity contribution in [2.45, 2.75) is 26.3 Å². The first-order valence-corrected chi connectivity index (χ1v) is 7.56. The Labute approximate surface area is 139 Å². The summed E-state index contributed by atoms with van der Waals surface area (Å²) in [6.45, 7) is 5.70. The molecule has 1 aromatic carbocycles. The average molecular weight is 327 g/mol. The van der Waals surface area contributed by atoms with Gasteiger partial charge in [0, 0.05) is 11.6 Å². The molecule has 1 N–H and O–H groups in total. The molecule has 2 heterocycles. The van der Waals surface area contributed by atoms with Crippen LogP contribution >= 0.6 is 0 Å². The summed E-state index contributed by atoms with van der Waals surface area (Å²) in [4.78, 5) is 12.6. The minimum atomic E-state index is -0.389. The fraction of sp³-hybridized carbons (Fsp3) is 0.222. The second kappa shape index (κ2) is 5.96. The van der Waals surface area contributed by atoms with Gasteiger partial charge < -0.3 is 9.73 Å². The van der Waals surface area contributed by atoms with E-state index in [4.69, 9.17) is 4.42 Å². The Morgan fingerprint density at radius 2 is 1.92 bits per heavy atom. The minimum absolute atomic E-state index is 0.267. The van der Waals surface area contributed by atoms with Crippen LogP contribution in [-0.4, -0.2) is 21.2 Å². The molecule has 0 unspecified atom stereocenters. The van der Waals surface area contributed by atoms with Gasteiger partial charge in [0.05, 0.1) is 12.0 Å². The van der Waals surface area contributed by atoms with Crippen molar-refractivity contribution in [3.8, 4) is 17.1 Å². The number of carbonyl (C=O) groups excluding carboxylic acids is 1. The van der Waals surface area contributed by atoms with Gasteiger partial charge in [0.2, 0.25) is 0 Å². The zero-order valence-corrected chi connectivity index (χ0v) is 13.7. The second-order valence-electron chi connectivity index (χ2n) is 6.48. The molecule has 124 valence electrons. The molecule has 0 saturated carbocycles. The summed E-state index contributed by atoms with van der Waals surface area (Å²) in [7, 11) is 0. The van der Waals surface area contributed by atoms with Gasteiger partial charge in [-0.1, -0.05) is 0 Å². The van der Waals surface area contributed by atoms with Gasteiger partial charge in [-0.3, -0.25) is 4.79 Å². The molecular formula is C18H18FN3O2. The van der Waals surface area contributed by atoms with Gasteiger partial charge in [-0.15, -0.1) is 0 Å². The Balaban J connectivity index is 2.08. The van der Waals surface area contributed by atoms with E-state index in [0.29, 0.717) is 22.8 Å². The van der Waals surface area contributed by atoms with Crippen LogP contribution in [0, 0.1) is 5.82 Å². The van der Waals surface area contributed by atoms with Gasteiger partial charge in [0.1, 0.15) is 17.2 Å². The van der Waals surface area contributed by atoms with Crippen LogP contribution in [-0.2, 0) is 0 Å². The molecule has 0 aliphatic carbocycles. The number of furan rings is 1. The zero-order valence-electron chi connectivity index (χ0n) is 13.7. The van der Waals surface area contributed by atoms with Crippen molar-refractivity contribution in [3.63, 3.8) is 0 Å². The summed E-state index contributed by atoms with van der Waals surface area (Å²) >= 11 is 0. The number of nitrogens with one attached hydrogen (secondary N) is 1. The van der Waals surface area contributed by atoms with Crippen LogP contribution in [0.15, 0.2) is 53.1 Å². The molecule has 24 heavy (non-hydrogen) atoms. The average Bonchev–Trinajstić information content (AvgIpc) is 3.15. The topological polar surface area (TPSA) is 60.1 Å². The van der Waals surface area contributed by atoms with Gasteiger partial charge in [0.25, 0.3) is 5.91 Å². The quantitative estimate of drug-likeness (QED) is 0.796. The van der Waals surface area contributed by atoms with Crippen molar-refractivity contribution >= 4 is 5.91 Å². The highest BCUT2D eigenvalue weighted by Crippen LogP contribution is 2.22. The maximum Gasteiger partial charge on any atom is 0.270 e. The number of hydrogen-bond donors (Lipinski definition) is 1. The van der Waals surface area contributed by atoms with E-state index in [-0.39, 0.29) is 17.3 Å². The number of rotatable bonds is 3. The van der Waals surface area contributed by atoms with E-state index < -0.39 is 0 Å². The second-order valence-corrected chi connectivity index (χ2v) is 6.48. The highest BCUT2D eigenvalue weighted by Gasteiger charge is 2.22. The molecule has 0 radical (unpaired) electrons. The lowest BCUT2D eigenvalue weighted by molar-refractivity contribution is 0.0911. The van der Waals surface area contributed by atoms with Crippen molar-refractivity contribution in [3.05, 3.63) is 60.2 Å². The number of halogens is 1. The summed E-state index contributed by atoms with van der Waals surface area (Å²) < 4.78 is 20.0. The maximum absolute atomic E-state index is 13.2. The van der Waals surface area contributed by atoms with Crippen molar-refractivity contribution in [1.82, 2.24) is 15.1 Å². The third kappa shape index (κ3) is 3.37. The summed E-state index contributed by atoms with van der Waals surface area (Å²) in [5, 5.41) is 7.35. The third-order valence-electron chi connectivity index (χ3n) is 3.28. The van der Waals surface area contributed by atoms with Gasteiger partial charge >= 0.3 is 0 Å². The maximum atomic E-state index is 13.2. The van der Waals surface area contributed by atoms with Crippen LogP contribution in [0.4, 0.5) is 4.39 Å². The fourth-order valence-electron chi connectivity index (χ4n) is 2.27. The number of carbonyl (C=O) groups is 1. The van der Waals surface area contributed by atoms with Crippen LogP contribution < -0.4 is 5.32 Å². The number of benzene rings is 1. The van der Waals surface area contributed by atoms with Gasteiger partial charge in [-0.25, -0.2) is 9.07 Å². The molecular weight excluding hydrogens is 309 g/mol. The van der Waals surface area contributed by atoms with E-state index in [1.54, 1.807) is 36.6 Å². The normalized spacial score (nSPS) is 11.5. The predicted octanol–water partition coefficient (Wildman–Crippen LogP) is 3.80. The lowest BCUT2D eigenvalue weighted by Crippen LogP contribution is -2.41. The van der Waals surface area contributed by atoms with Gasteiger partial charge in [-0.05, 0) is 57.2 Å². The van der Waals surface area contributed by atoms with Crippen molar-refractivity contribution in [1.29, 1.82) is 0 Å². The Bertz CT molecular complexity index is 844. The number of aromatic nitrogens is 2. The summed E-state index contributed by atoms with van der Waals surface area (Å²) in [6.07, 6.45) is 1.54. The largest absolute Gasteiger partial charge is 0.463 e. The van der Waals surface area contributed by atoms with E-state index >= 15 is 0 Å². The van der Waals surface area contributed by atoms with Crippen LogP contribution in [0.2, 0.25) is 0 Å². The van der Waals surface area contributed by atoms with Crippen LogP contribution in [0.25, 0.3) is 17.1 Å². The number of hydrogen-bond acceptors (Lipinski definition) is 3. The zero-order chi connectivity index (χ0) is 17.3. The standard InChI is InChI=1S/C18H18FN3O2/c1-18(2,3)20-17(23)15-11-14(16-5-4-10-24-16)21-22(15)13-8-6-12(19)7-9-13/h4-11H,1-3H3,(H,20,23). The van der Waals surface area contributed by atoms with Gasteiger partial charge in [-0.2, -0.15) is 5.10 Å². The molecule has 0 spiro atoms. The number of amides is 1. The molecule has 0 atom stereocenters. The van der Waals surface area contributed by atoms with Crippen molar-refractivity contribution < 1.29 is 13.6 Å². The van der Waals surface area contributed by atoms with E-state index in [0.717, 1.165) is 0 Å². The van der Waals surface area contributed by atoms with E-state index in [9.17, 15) is 9.18 Å². The molecule has 0 fully saturated rings. The molecule has 0 bridgehead atoms. The third-order valence-corrected chi connectivity index (χ3v) is 3.28. The molecule has 3 rings (SSSR count). The van der Waals surface area contributed by atoms with E-state index in [1.165, 1.54) is 16.8 Å². The molecule has 0 aliphatic heterocycles. The summed E-state index contributed by atoms with van der Waals surface area (Å²) in [5.74, 6) is -0.0596. The smallest absolute Gasteiger partial charge is 0.270 e. The first kappa shape index (κ1) is 16.0. The van der Waals surface area contributed by atoms with Crippen molar-refractivity contribution in [2.24, 2.45) is 0 Å². The van der Waals surface area contributed by atoms with Crippen LogP contribution in [0.3, 0.4) is 0 Å². The van der Waals surface area contributed by atoms with Crippen LogP contribution in [0.1, 0.15) is 31.3 Å². The molecule has 1 amide bonds. The van der Waals surface area contributed by atoms with Crippen molar-refractivity contribution in [2.75, 3.05) is 0 Å². The SMILES string of the molecule is CC(C)(C)NC(=O)c1cc(-c2ccco2)nn1-c1ccc(F)cc1.